The third-order valence-electron chi connectivity index (χ3n) is 3.01. The molecule has 1 aromatic rings. The SMILES string of the molecule is CC1C(=O)Nc2ccc(CC(N)C(=O)O)cc21. The van der Waals surface area contributed by atoms with Crippen LogP contribution in [-0.2, 0) is 16.0 Å². The number of carboxylic acid groups (broad SMARTS) is 1. The monoisotopic (exact) mass is 234 g/mol. The molecule has 5 heteroatoms. The number of rotatable bonds is 3. The molecule has 0 fully saturated rings. The first-order valence-corrected chi connectivity index (χ1v) is 5.41. The molecule has 1 aliphatic rings. The number of carbonyl (C=O) groups is 2. The van der Waals surface area contributed by atoms with Gasteiger partial charge in [-0.25, -0.2) is 0 Å². The summed E-state index contributed by atoms with van der Waals surface area (Å²) in [4.78, 5) is 22.1. The number of nitrogens with two attached hydrogens (primary N) is 1. The Morgan fingerprint density at radius 3 is 2.94 bits per heavy atom. The van der Waals surface area contributed by atoms with Crippen LogP contribution < -0.4 is 11.1 Å². The zero-order valence-corrected chi connectivity index (χ0v) is 9.43. The van der Waals surface area contributed by atoms with Gasteiger partial charge >= 0.3 is 5.97 Å². The van der Waals surface area contributed by atoms with Gasteiger partial charge in [-0.2, -0.15) is 0 Å². The van der Waals surface area contributed by atoms with Crippen molar-refractivity contribution in [1.29, 1.82) is 0 Å². The van der Waals surface area contributed by atoms with Crippen LogP contribution in [0.25, 0.3) is 0 Å². The summed E-state index contributed by atoms with van der Waals surface area (Å²) in [5.74, 6) is -1.24. The lowest BCUT2D eigenvalue weighted by Gasteiger charge is -2.08. The molecule has 90 valence electrons. The van der Waals surface area contributed by atoms with Crippen molar-refractivity contribution < 1.29 is 14.7 Å². The number of hydrogen-bond acceptors (Lipinski definition) is 3. The zero-order chi connectivity index (χ0) is 12.6. The van der Waals surface area contributed by atoms with Gasteiger partial charge in [-0.3, -0.25) is 9.59 Å². The number of carboxylic acids is 1. The Hall–Kier alpha value is -1.88. The molecule has 0 saturated carbocycles. The van der Waals surface area contributed by atoms with Gasteiger partial charge in [0.25, 0.3) is 0 Å². The normalized spacial score (nSPS) is 19.6. The molecule has 5 nitrogen and oxygen atoms in total. The van der Waals surface area contributed by atoms with Crippen LogP contribution in [-0.4, -0.2) is 23.0 Å². The second-order valence-corrected chi connectivity index (χ2v) is 4.28. The molecule has 0 radical (unpaired) electrons. The molecule has 2 unspecified atom stereocenters. The molecular weight excluding hydrogens is 220 g/mol. The summed E-state index contributed by atoms with van der Waals surface area (Å²) >= 11 is 0. The summed E-state index contributed by atoms with van der Waals surface area (Å²) in [7, 11) is 0. The Morgan fingerprint density at radius 1 is 1.59 bits per heavy atom. The van der Waals surface area contributed by atoms with E-state index in [1.807, 2.05) is 13.0 Å². The Balaban J connectivity index is 2.23. The van der Waals surface area contributed by atoms with E-state index in [0.29, 0.717) is 0 Å². The number of nitrogens with one attached hydrogen (secondary N) is 1. The number of benzene rings is 1. The van der Waals surface area contributed by atoms with E-state index >= 15 is 0 Å². The van der Waals surface area contributed by atoms with Gasteiger partial charge in [0.05, 0.1) is 5.92 Å². The van der Waals surface area contributed by atoms with E-state index < -0.39 is 12.0 Å². The highest BCUT2D eigenvalue weighted by atomic mass is 16.4. The Labute approximate surface area is 98.6 Å². The fourth-order valence-corrected chi connectivity index (χ4v) is 1.93. The number of amides is 1. The lowest BCUT2D eigenvalue weighted by Crippen LogP contribution is -2.32. The van der Waals surface area contributed by atoms with Gasteiger partial charge in [-0.1, -0.05) is 12.1 Å². The van der Waals surface area contributed by atoms with E-state index in [-0.39, 0.29) is 18.2 Å². The highest BCUT2D eigenvalue weighted by molar-refractivity contribution is 6.02. The molecule has 0 saturated heterocycles. The number of fused-ring (bicyclic) bond motifs is 1. The first-order valence-electron chi connectivity index (χ1n) is 5.41. The molecule has 2 rings (SSSR count). The van der Waals surface area contributed by atoms with Crippen LogP contribution in [0.5, 0.6) is 0 Å². The Morgan fingerprint density at radius 2 is 2.29 bits per heavy atom. The van der Waals surface area contributed by atoms with Crippen LogP contribution in [0.2, 0.25) is 0 Å². The molecule has 0 bridgehead atoms. The van der Waals surface area contributed by atoms with Crippen LogP contribution in [0.3, 0.4) is 0 Å². The molecule has 2 atom stereocenters. The minimum Gasteiger partial charge on any atom is -0.480 e. The van der Waals surface area contributed by atoms with Crippen LogP contribution in [0, 0.1) is 0 Å². The second kappa shape index (κ2) is 4.18. The van der Waals surface area contributed by atoms with Crippen molar-refractivity contribution >= 4 is 17.6 Å². The molecule has 0 aliphatic carbocycles. The van der Waals surface area contributed by atoms with Crippen LogP contribution in [0.15, 0.2) is 18.2 Å². The van der Waals surface area contributed by atoms with Crippen molar-refractivity contribution in [3.8, 4) is 0 Å². The largest absolute Gasteiger partial charge is 0.480 e. The van der Waals surface area contributed by atoms with Gasteiger partial charge in [0.1, 0.15) is 6.04 Å². The third-order valence-corrected chi connectivity index (χ3v) is 3.01. The smallest absolute Gasteiger partial charge is 0.320 e. The van der Waals surface area contributed by atoms with E-state index in [4.69, 9.17) is 10.8 Å². The number of hydrogen-bond donors (Lipinski definition) is 3. The van der Waals surface area contributed by atoms with E-state index in [1.54, 1.807) is 12.1 Å². The summed E-state index contributed by atoms with van der Waals surface area (Å²) in [5.41, 5.74) is 8.02. The molecule has 0 spiro atoms. The summed E-state index contributed by atoms with van der Waals surface area (Å²) < 4.78 is 0. The first-order chi connectivity index (χ1) is 7.99. The Bertz CT molecular complexity index is 485. The molecule has 1 amide bonds. The fraction of sp³-hybridized carbons (Fsp3) is 0.333. The molecule has 4 N–H and O–H groups in total. The highest BCUT2D eigenvalue weighted by Gasteiger charge is 2.26. The van der Waals surface area contributed by atoms with Gasteiger partial charge in [-0.05, 0) is 30.5 Å². The summed E-state index contributed by atoms with van der Waals surface area (Å²) in [6, 6.07) is 4.52. The maximum atomic E-state index is 11.4. The molecule has 17 heavy (non-hydrogen) atoms. The molecular formula is C12H14N2O3. The average Bonchev–Trinajstić information content (AvgIpc) is 2.55. The number of anilines is 1. The maximum absolute atomic E-state index is 11.4. The van der Waals surface area contributed by atoms with Gasteiger partial charge in [0.2, 0.25) is 5.91 Å². The lowest BCUT2D eigenvalue weighted by molar-refractivity contribution is -0.138. The number of carbonyl (C=O) groups excluding carboxylic acids is 1. The summed E-state index contributed by atoms with van der Waals surface area (Å²) in [6.45, 7) is 1.82. The van der Waals surface area contributed by atoms with Crippen molar-refractivity contribution in [2.75, 3.05) is 5.32 Å². The van der Waals surface area contributed by atoms with E-state index in [1.165, 1.54) is 0 Å². The lowest BCUT2D eigenvalue weighted by atomic mass is 9.98. The van der Waals surface area contributed by atoms with Crippen molar-refractivity contribution in [2.24, 2.45) is 5.73 Å². The minimum absolute atomic E-state index is 0.0281. The van der Waals surface area contributed by atoms with Gasteiger partial charge in [-0.15, -0.1) is 0 Å². The van der Waals surface area contributed by atoms with Crippen LogP contribution in [0.4, 0.5) is 5.69 Å². The van der Waals surface area contributed by atoms with Gasteiger partial charge in [0.15, 0.2) is 0 Å². The molecule has 0 aromatic heterocycles. The fourth-order valence-electron chi connectivity index (χ4n) is 1.93. The van der Waals surface area contributed by atoms with Crippen LogP contribution >= 0.6 is 0 Å². The van der Waals surface area contributed by atoms with Crippen molar-refractivity contribution in [3.05, 3.63) is 29.3 Å². The molecule has 1 aromatic carbocycles. The topological polar surface area (TPSA) is 92.4 Å². The minimum atomic E-state index is -1.02. The van der Waals surface area contributed by atoms with Gasteiger partial charge < -0.3 is 16.2 Å². The van der Waals surface area contributed by atoms with Gasteiger partial charge in [0, 0.05) is 5.69 Å². The standard InChI is InChI=1S/C12H14N2O3/c1-6-8-4-7(5-9(13)12(16)17)2-3-10(8)14-11(6)15/h2-4,6,9H,5,13H2,1H3,(H,14,15)(H,16,17). The summed E-state index contributed by atoms with van der Waals surface area (Å²) in [6.07, 6.45) is 0.267. The van der Waals surface area contributed by atoms with Crippen LogP contribution in [0.1, 0.15) is 24.0 Å². The van der Waals surface area contributed by atoms with Crippen molar-refractivity contribution in [2.45, 2.75) is 25.3 Å². The zero-order valence-electron chi connectivity index (χ0n) is 9.43. The Kier molecular flexibility index (Phi) is 2.85. The molecule has 1 aliphatic heterocycles. The first kappa shape index (κ1) is 11.6. The quantitative estimate of drug-likeness (QED) is 0.717. The third kappa shape index (κ3) is 2.14. The average molecular weight is 234 g/mol. The molecule has 1 heterocycles. The number of aliphatic carboxylic acids is 1. The predicted octanol–water partition coefficient (Wildman–Crippen LogP) is 0.697. The van der Waals surface area contributed by atoms with E-state index in [2.05, 4.69) is 5.32 Å². The van der Waals surface area contributed by atoms with E-state index in [9.17, 15) is 9.59 Å². The highest BCUT2D eigenvalue weighted by Crippen LogP contribution is 2.32. The predicted molar refractivity (Wildman–Crippen MR) is 62.8 cm³/mol. The van der Waals surface area contributed by atoms with E-state index in [0.717, 1.165) is 16.8 Å². The second-order valence-electron chi connectivity index (χ2n) is 4.28. The van der Waals surface area contributed by atoms with Crippen molar-refractivity contribution in [3.63, 3.8) is 0 Å². The maximum Gasteiger partial charge on any atom is 0.320 e. The van der Waals surface area contributed by atoms with Crippen molar-refractivity contribution in [1.82, 2.24) is 0 Å². The summed E-state index contributed by atoms with van der Waals surface area (Å²) in [5, 5.41) is 11.5.